The smallest absolute Gasteiger partial charge is 0.210 e. The minimum absolute atomic E-state index is 0.338. The summed E-state index contributed by atoms with van der Waals surface area (Å²) < 4.78 is 10.5. The fourth-order valence-electron chi connectivity index (χ4n) is 2.51. The molecular weight excluding hydrogens is 268 g/mol. The number of hydrogen-bond donors (Lipinski definition) is 3. The second-order valence-corrected chi connectivity index (χ2v) is 5.14. The van der Waals surface area contributed by atoms with Crippen LogP contribution in [0.5, 0.6) is 11.5 Å². The number of ether oxygens (including phenoxy) is 2. The Morgan fingerprint density at radius 2 is 1.71 bits per heavy atom. The average molecular weight is 292 g/mol. The highest BCUT2D eigenvalue weighted by molar-refractivity contribution is 5.93. The first kappa shape index (κ1) is 15.4. The molecule has 2 rings (SSSR count). The second-order valence-electron chi connectivity index (χ2n) is 5.14. The van der Waals surface area contributed by atoms with Crippen LogP contribution in [0.3, 0.4) is 0 Å². The van der Waals surface area contributed by atoms with Gasteiger partial charge in [-0.15, -0.1) is 0 Å². The number of hydrogen-bond acceptors (Lipinski definition) is 4. The highest BCUT2D eigenvalue weighted by Crippen LogP contribution is 2.26. The van der Waals surface area contributed by atoms with Gasteiger partial charge in [0.1, 0.15) is 11.5 Å². The van der Waals surface area contributed by atoms with E-state index in [4.69, 9.17) is 15.3 Å². The predicted octanol–water partition coefficient (Wildman–Crippen LogP) is 2.27. The molecule has 6 heteroatoms. The number of hydrazine groups is 1. The number of nitrogens with zero attached hydrogens (tertiary/aromatic N) is 1. The zero-order valence-corrected chi connectivity index (χ0v) is 12.7. The number of rotatable bonds is 4. The van der Waals surface area contributed by atoms with Crippen molar-refractivity contribution in [3.63, 3.8) is 0 Å². The molecule has 0 radical (unpaired) electrons. The second kappa shape index (κ2) is 7.73. The van der Waals surface area contributed by atoms with Gasteiger partial charge in [-0.1, -0.05) is 19.3 Å². The molecule has 0 saturated heterocycles. The first-order valence-electron chi connectivity index (χ1n) is 7.29. The minimum atomic E-state index is 0.338. The number of nitrogens with two attached hydrogens (primary N) is 1. The summed E-state index contributed by atoms with van der Waals surface area (Å²) in [4.78, 5) is 4.65. The summed E-state index contributed by atoms with van der Waals surface area (Å²) in [6, 6.07) is 5.90. The van der Waals surface area contributed by atoms with E-state index in [1.165, 1.54) is 19.3 Å². The summed E-state index contributed by atoms with van der Waals surface area (Å²) in [6.45, 7) is 0. The summed E-state index contributed by atoms with van der Waals surface area (Å²) >= 11 is 0. The van der Waals surface area contributed by atoms with Gasteiger partial charge in [0.05, 0.1) is 20.3 Å². The SMILES string of the molecule is COc1cc(NC(=NC2CCCCC2)NN)cc(OC)c1. The lowest BCUT2D eigenvalue weighted by Crippen LogP contribution is -2.37. The maximum atomic E-state index is 5.57. The Hall–Kier alpha value is -1.95. The monoisotopic (exact) mass is 292 g/mol. The molecule has 0 heterocycles. The molecule has 0 spiro atoms. The Morgan fingerprint density at radius 3 is 2.24 bits per heavy atom. The van der Waals surface area contributed by atoms with Gasteiger partial charge in [-0.25, -0.2) is 10.8 Å². The molecule has 116 valence electrons. The highest BCUT2D eigenvalue weighted by atomic mass is 16.5. The fourth-order valence-corrected chi connectivity index (χ4v) is 2.51. The average Bonchev–Trinajstić information content (AvgIpc) is 2.54. The standard InChI is InChI=1S/C15H24N4O2/c1-20-13-8-12(9-14(10-13)21-2)18-15(19-16)17-11-6-4-3-5-7-11/h8-11H,3-7,16H2,1-2H3,(H2,17,18,19). The predicted molar refractivity (Wildman–Crippen MR) is 84.8 cm³/mol. The van der Waals surface area contributed by atoms with Crippen LogP contribution in [0, 0.1) is 0 Å². The van der Waals surface area contributed by atoms with Crippen molar-refractivity contribution in [1.29, 1.82) is 0 Å². The van der Waals surface area contributed by atoms with Crippen LogP contribution in [0.1, 0.15) is 32.1 Å². The number of benzene rings is 1. The van der Waals surface area contributed by atoms with Crippen molar-refractivity contribution in [2.75, 3.05) is 19.5 Å². The van der Waals surface area contributed by atoms with Crippen molar-refractivity contribution < 1.29 is 9.47 Å². The molecule has 1 aromatic carbocycles. The molecule has 1 aliphatic carbocycles. The lowest BCUT2D eigenvalue weighted by Gasteiger charge is -2.19. The van der Waals surface area contributed by atoms with Gasteiger partial charge >= 0.3 is 0 Å². The van der Waals surface area contributed by atoms with E-state index in [9.17, 15) is 0 Å². The summed E-state index contributed by atoms with van der Waals surface area (Å²) in [5, 5.41) is 3.18. The molecule has 0 atom stereocenters. The molecule has 0 aromatic heterocycles. The Morgan fingerprint density at radius 1 is 1.10 bits per heavy atom. The number of nitrogens with one attached hydrogen (secondary N) is 2. The van der Waals surface area contributed by atoms with Gasteiger partial charge in [0, 0.05) is 23.9 Å². The number of anilines is 1. The van der Waals surface area contributed by atoms with E-state index in [1.54, 1.807) is 14.2 Å². The molecular formula is C15H24N4O2. The van der Waals surface area contributed by atoms with Gasteiger partial charge in [-0.05, 0) is 12.8 Å². The van der Waals surface area contributed by atoms with Crippen LogP contribution in [0.2, 0.25) is 0 Å². The van der Waals surface area contributed by atoms with Crippen molar-refractivity contribution in [2.45, 2.75) is 38.1 Å². The quantitative estimate of drug-likeness (QED) is 0.343. The number of aliphatic imine (C=N–C) groups is 1. The molecule has 1 aliphatic rings. The molecule has 0 amide bonds. The topological polar surface area (TPSA) is 80.9 Å². The Labute approximate surface area is 125 Å². The minimum Gasteiger partial charge on any atom is -0.497 e. The van der Waals surface area contributed by atoms with Crippen LogP contribution in [-0.2, 0) is 0 Å². The van der Waals surface area contributed by atoms with Crippen LogP contribution < -0.4 is 26.1 Å². The molecule has 0 unspecified atom stereocenters. The Bertz CT molecular complexity index is 462. The third kappa shape index (κ3) is 4.53. The zero-order valence-electron chi connectivity index (χ0n) is 12.7. The van der Waals surface area contributed by atoms with Gasteiger partial charge in [-0.2, -0.15) is 0 Å². The molecule has 0 bridgehead atoms. The fraction of sp³-hybridized carbons (Fsp3) is 0.533. The van der Waals surface area contributed by atoms with Crippen LogP contribution in [0.15, 0.2) is 23.2 Å². The lowest BCUT2D eigenvalue weighted by molar-refractivity contribution is 0.395. The Kier molecular flexibility index (Phi) is 5.68. The van der Waals surface area contributed by atoms with E-state index in [-0.39, 0.29) is 0 Å². The van der Waals surface area contributed by atoms with Crippen molar-refractivity contribution in [1.82, 2.24) is 5.43 Å². The van der Waals surface area contributed by atoms with Gasteiger partial charge in [0.2, 0.25) is 5.96 Å². The number of guanidine groups is 1. The van der Waals surface area contributed by atoms with E-state index in [0.717, 1.165) is 18.5 Å². The molecule has 1 fully saturated rings. The molecule has 21 heavy (non-hydrogen) atoms. The van der Waals surface area contributed by atoms with Crippen molar-refractivity contribution in [3.05, 3.63) is 18.2 Å². The van der Waals surface area contributed by atoms with Crippen molar-refractivity contribution in [3.8, 4) is 11.5 Å². The van der Waals surface area contributed by atoms with Gasteiger partial charge < -0.3 is 14.8 Å². The van der Waals surface area contributed by atoms with Crippen LogP contribution in [0.25, 0.3) is 0 Å². The molecule has 1 aromatic rings. The van der Waals surface area contributed by atoms with E-state index in [1.807, 2.05) is 18.2 Å². The first-order chi connectivity index (χ1) is 10.2. The zero-order chi connectivity index (χ0) is 15.1. The summed E-state index contributed by atoms with van der Waals surface area (Å²) in [5.41, 5.74) is 3.45. The molecule has 4 N–H and O–H groups in total. The summed E-state index contributed by atoms with van der Waals surface area (Å²) in [5.74, 6) is 7.57. The van der Waals surface area contributed by atoms with Gasteiger partial charge in [-0.3, -0.25) is 5.43 Å². The third-order valence-electron chi connectivity index (χ3n) is 3.64. The molecule has 1 saturated carbocycles. The normalized spacial score (nSPS) is 16.4. The van der Waals surface area contributed by atoms with Gasteiger partial charge in [0.15, 0.2) is 0 Å². The maximum absolute atomic E-state index is 5.57. The maximum Gasteiger partial charge on any atom is 0.210 e. The Balaban J connectivity index is 2.11. The van der Waals surface area contributed by atoms with Crippen LogP contribution >= 0.6 is 0 Å². The van der Waals surface area contributed by atoms with Gasteiger partial charge in [0.25, 0.3) is 0 Å². The van der Waals surface area contributed by atoms with Crippen LogP contribution in [0.4, 0.5) is 5.69 Å². The molecule has 6 nitrogen and oxygen atoms in total. The van der Waals surface area contributed by atoms with E-state index >= 15 is 0 Å². The molecule has 0 aliphatic heterocycles. The van der Waals surface area contributed by atoms with Crippen LogP contribution in [-0.4, -0.2) is 26.2 Å². The number of methoxy groups -OCH3 is 2. The van der Waals surface area contributed by atoms with Crippen molar-refractivity contribution >= 4 is 11.6 Å². The lowest BCUT2D eigenvalue weighted by atomic mass is 9.96. The summed E-state index contributed by atoms with van der Waals surface area (Å²) in [7, 11) is 3.24. The third-order valence-corrected chi connectivity index (χ3v) is 3.64. The van der Waals surface area contributed by atoms with E-state index in [2.05, 4.69) is 15.7 Å². The van der Waals surface area contributed by atoms with Crippen molar-refractivity contribution in [2.24, 2.45) is 10.8 Å². The summed E-state index contributed by atoms with van der Waals surface area (Å²) in [6.07, 6.45) is 6.01. The first-order valence-corrected chi connectivity index (χ1v) is 7.29. The van der Waals surface area contributed by atoms with E-state index < -0.39 is 0 Å². The highest BCUT2D eigenvalue weighted by Gasteiger charge is 2.13. The van der Waals surface area contributed by atoms with E-state index in [0.29, 0.717) is 23.5 Å². The largest absolute Gasteiger partial charge is 0.497 e.